The Morgan fingerprint density at radius 1 is 0.980 bits per heavy atom. The largest absolute Gasteiger partial charge is 0.453 e. The summed E-state index contributed by atoms with van der Waals surface area (Å²) in [6.07, 6.45) is 6.84. The molecule has 3 N–H and O–H groups in total. The topological polar surface area (TPSA) is 136 Å². The highest BCUT2D eigenvalue weighted by Crippen LogP contribution is 2.50. The van der Waals surface area contributed by atoms with Crippen LogP contribution < -0.4 is 5.32 Å². The quantitative estimate of drug-likeness (QED) is 0.144. The zero-order valence-electron chi connectivity index (χ0n) is 28.3. The highest BCUT2D eigenvalue weighted by Gasteiger charge is 2.49. The molecule has 0 unspecified atom stereocenters. The molecule has 0 radical (unpaired) electrons. The van der Waals surface area contributed by atoms with Crippen molar-refractivity contribution in [1.82, 2.24) is 35.1 Å². The molecule has 2 bridgehead atoms. The molecule has 2 fully saturated rings. The third-order valence-corrected chi connectivity index (χ3v) is 10.0. The van der Waals surface area contributed by atoms with Crippen LogP contribution in [0, 0.1) is 5.92 Å². The van der Waals surface area contributed by atoms with Gasteiger partial charge in [-0.15, -0.1) is 0 Å². The van der Waals surface area contributed by atoms with Crippen LogP contribution in [0.2, 0.25) is 0 Å². The van der Waals surface area contributed by atoms with Gasteiger partial charge in [-0.2, -0.15) is 0 Å². The number of piperidine rings is 1. The second-order valence-electron chi connectivity index (χ2n) is 13.2. The summed E-state index contributed by atoms with van der Waals surface area (Å²) < 4.78 is 4.59. The number of carbonyl (C=O) groups excluding carboxylic acids is 3. The first-order chi connectivity index (χ1) is 23.9. The first-order valence-electron chi connectivity index (χ1n) is 17.3. The fourth-order valence-electron chi connectivity index (χ4n) is 7.70. The average molecular weight is 662 g/mol. The van der Waals surface area contributed by atoms with Crippen molar-refractivity contribution in [3.63, 3.8) is 0 Å². The first-order valence-corrected chi connectivity index (χ1v) is 17.3. The van der Waals surface area contributed by atoms with Crippen LogP contribution in [-0.2, 0) is 20.9 Å². The molecule has 3 aromatic carbocycles. The molecule has 3 atom stereocenters. The lowest BCUT2D eigenvalue weighted by atomic mass is 9.97. The number of carbonyl (C=O) groups is 3. The van der Waals surface area contributed by atoms with E-state index in [0.29, 0.717) is 37.3 Å². The molecule has 254 valence electrons. The fourth-order valence-corrected chi connectivity index (χ4v) is 7.70. The summed E-state index contributed by atoms with van der Waals surface area (Å²) in [4.78, 5) is 57.6. The van der Waals surface area contributed by atoms with Gasteiger partial charge in [0, 0.05) is 24.4 Å². The van der Waals surface area contributed by atoms with Gasteiger partial charge < -0.3 is 29.8 Å². The summed E-state index contributed by atoms with van der Waals surface area (Å²) in [7, 11) is 1.27. The molecule has 2 aromatic heterocycles. The van der Waals surface area contributed by atoms with Crippen molar-refractivity contribution in [1.29, 1.82) is 0 Å². The number of H-pyrrole nitrogens is 2. The lowest BCUT2D eigenvalue weighted by Gasteiger charge is -2.34. The summed E-state index contributed by atoms with van der Waals surface area (Å²) in [6.45, 7) is 4.79. The third-order valence-electron chi connectivity index (χ3n) is 10.0. The van der Waals surface area contributed by atoms with Crippen molar-refractivity contribution in [2.45, 2.75) is 71.0 Å². The van der Waals surface area contributed by atoms with E-state index in [-0.39, 0.29) is 24.4 Å². The molecule has 2 aliphatic rings. The van der Waals surface area contributed by atoms with E-state index in [1.807, 2.05) is 19.2 Å². The van der Waals surface area contributed by atoms with Gasteiger partial charge in [-0.1, -0.05) is 56.3 Å². The van der Waals surface area contributed by atoms with Gasteiger partial charge in [0.05, 0.1) is 42.6 Å². The fraction of sp³-hybridized carbons (Fsp3) is 0.395. The number of nitrogens with one attached hydrogen (secondary N) is 3. The number of rotatable bonds is 11. The molecule has 49 heavy (non-hydrogen) atoms. The van der Waals surface area contributed by atoms with Crippen molar-refractivity contribution in [2.75, 3.05) is 20.2 Å². The number of benzene rings is 3. The predicted molar refractivity (Wildman–Crippen MR) is 188 cm³/mol. The number of alkyl carbamates (subject to hydrolysis) is 1. The Labute approximate surface area is 285 Å². The molecule has 1 aliphatic carbocycles. The molecule has 3 amide bonds. The molecule has 11 heteroatoms. The summed E-state index contributed by atoms with van der Waals surface area (Å²) >= 11 is 0. The van der Waals surface area contributed by atoms with E-state index in [4.69, 9.17) is 9.97 Å². The van der Waals surface area contributed by atoms with Crippen molar-refractivity contribution in [2.24, 2.45) is 5.92 Å². The number of hydrogen-bond donors (Lipinski definition) is 3. The Morgan fingerprint density at radius 2 is 1.78 bits per heavy atom. The molecule has 1 saturated carbocycles. The SMILES string of the molecule is CCCC(=O)N1[C@@H]2CC[C@@H](C2)[C@H]1c1ncc(-c2ccc(-c3ccc4c(ccc5[nH]c(CN(CCC)C(=O)CNC(=O)OC)nc54)c3)cc2)[nH]1. The molecule has 0 spiro atoms. The maximum atomic E-state index is 13.0. The minimum Gasteiger partial charge on any atom is -0.453 e. The minimum atomic E-state index is -0.637. The second kappa shape index (κ2) is 13.7. The molecule has 5 aromatic rings. The van der Waals surface area contributed by atoms with E-state index in [9.17, 15) is 14.4 Å². The van der Waals surface area contributed by atoms with E-state index in [2.05, 4.69) is 80.4 Å². The van der Waals surface area contributed by atoms with Gasteiger partial charge in [0.1, 0.15) is 18.2 Å². The van der Waals surface area contributed by atoms with Gasteiger partial charge in [-0.3, -0.25) is 9.59 Å². The maximum absolute atomic E-state index is 13.0. The molecule has 1 saturated heterocycles. The van der Waals surface area contributed by atoms with Gasteiger partial charge in [0.2, 0.25) is 11.8 Å². The number of imidazole rings is 2. The highest BCUT2D eigenvalue weighted by molar-refractivity contribution is 6.05. The zero-order valence-corrected chi connectivity index (χ0v) is 28.3. The lowest BCUT2D eigenvalue weighted by molar-refractivity contribution is -0.136. The molecular weight excluding hydrogens is 618 g/mol. The van der Waals surface area contributed by atoms with E-state index in [0.717, 1.165) is 82.1 Å². The van der Waals surface area contributed by atoms with Gasteiger partial charge in [0.25, 0.3) is 0 Å². The van der Waals surface area contributed by atoms with Gasteiger partial charge >= 0.3 is 6.09 Å². The number of amides is 3. The second-order valence-corrected chi connectivity index (χ2v) is 13.2. The number of ether oxygens (including phenoxy) is 1. The molecule has 11 nitrogen and oxygen atoms in total. The van der Waals surface area contributed by atoms with E-state index in [1.54, 1.807) is 4.90 Å². The molecule has 1 aliphatic heterocycles. The van der Waals surface area contributed by atoms with Gasteiger partial charge in [-0.05, 0) is 72.2 Å². The lowest BCUT2D eigenvalue weighted by Crippen LogP contribution is -2.40. The molecular formula is C38H43N7O4. The van der Waals surface area contributed by atoms with Gasteiger partial charge in [0.15, 0.2) is 0 Å². The molecule has 7 rings (SSSR count). The van der Waals surface area contributed by atoms with Crippen LogP contribution in [0.5, 0.6) is 0 Å². The van der Waals surface area contributed by atoms with Crippen LogP contribution in [0.15, 0.2) is 60.8 Å². The van der Waals surface area contributed by atoms with E-state index >= 15 is 0 Å². The third kappa shape index (κ3) is 6.37. The van der Waals surface area contributed by atoms with Crippen molar-refractivity contribution in [3.8, 4) is 22.4 Å². The Bertz CT molecular complexity index is 2000. The van der Waals surface area contributed by atoms with Crippen LogP contribution in [0.25, 0.3) is 44.2 Å². The maximum Gasteiger partial charge on any atom is 0.407 e. The minimum absolute atomic E-state index is 0.0496. The van der Waals surface area contributed by atoms with E-state index in [1.165, 1.54) is 7.11 Å². The van der Waals surface area contributed by atoms with Crippen LogP contribution in [0.3, 0.4) is 0 Å². The number of aromatic amines is 2. The number of likely N-dealkylation sites (tertiary alicyclic amines) is 1. The summed E-state index contributed by atoms with van der Waals surface area (Å²) in [6, 6.07) is 19.4. The molecule has 3 heterocycles. The van der Waals surface area contributed by atoms with Crippen molar-refractivity contribution < 1.29 is 19.1 Å². The highest BCUT2D eigenvalue weighted by atomic mass is 16.5. The average Bonchev–Trinajstić information content (AvgIpc) is 3.94. The van der Waals surface area contributed by atoms with Crippen LogP contribution in [0.4, 0.5) is 4.79 Å². The number of nitrogens with zero attached hydrogens (tertiary/aromatic N) is 4. The summed E-state index contributed by atoms with van der Waals surface area (Å²) in [5, 5.41) is 4.56. The summed E-state index contributed by atoms with van der Waals surface area (Å²) in [5.41, 5.74) is 5.97. The monoisotopic (exact) mass is 661 g/mol. The smallest absolute Gasteiger partial charge is 0.407 e. The Kier molecular flexibility index (Phi) is 9.07. The normalized spacial score (nSPS) is 18.3. The van der Waals surface area contributed by atoms with Gasteiger partial charge in [-0.25, -0.2) is 14.8 Å². The van der Waals surface area contributed by atoms with Crippen LogP contribution >= 0.6 is 0 Å². The van der Waals surface area contributed by atoms with Crippen LogP contribution in [-0.4, -0.2) is 73.9 Å². The first kappa shape index (κ1) is 32.4. The van der Waals surface area contributed by atoms with Crippen LogP contribution in [0.1, 0.15) is 70.1 Å². The Hall–Kier alpha value is -5.19. The standard InChI is InChI=1S/C38H43N7O4/c1-4-6-33(46)45-28-14-11-27(19-28)36(45)37-39-20-31(42-37)24-9-7-23(8-10-24)25-12-15-29-26(18-25)13-16-30-35(29)43-32(41-30)22-44(17-5-2)34(47)21-40-38(48)49-3/h7-10,12-13,15-16,18,20,27-28,36H,4-6,11,14,17,19,21-22H2,1-3H3,(H,39,42)(H,40,48)(H,41,43)/t27-,28+,36-/m0/s1. The summed E-state index contributed by atoms with van der Waals surface area (Å²) in [5.74, 6) is 2.12. The number of methoxy groups -OCH3 is 1. The number of hydrogen-bond acceptors (Lipinski definition) is 6. The van der Waals surface area contributed by atoms with E-state index < -0.39 is 6.09 Å². The zero-order chi connectivity index (χ0) is 34.1. The Balaban J connectivity index is 1.07. The number of fused-ring (bicyclic) bond motifs is 5. The Morgan fingerprint density at radius 3 is 2.55 bits per heavy atom. The predicted octanol–water partition coefficient (Wildman–Crippen LogP) is 6.72. The van der Waals surface area contributed by atoms with Crippen molar-refractivity contribution in [3.05, 3.63) is 72.4 Å². The number of aromatic nitrogens is 4. The van der Waals surface area contributed by atoms with Crippen molar-refractivity contribution >= 4 is 39.7 Å².